The number of nitrogens with one attached hydrogen (secondary N) is 2. The number of fused-ring (bicyclic) bond motifs is 3. The lowest BCUT2D eigenvalue weighted by Gasteiger charge is -2.32. The first-order valence-corrected chi connectivity index (χ1v) is 10.3. The molecule has 3 aromatic rings. The van der Waals surface area contributed by atoms with Gasteiger partial charge in [0.25, 0.3) is 5.91 Å². The largest absolute Gasteiger partial charge is 0.361 e. The molecule has 0 atom stereocenters. The van der Waals surface area contributed by atoms with Crippen molar-refractivity contribution in [2.75, 3.05) is 43.9 Å². The van der Waals surface area contributed by atoms with Gasteiger partial charge in [0, 0.05) is 67.4 Å². The van der Waals surface area contributed by atoms with Crippen LogP contribution in [-0.2, 0) is 11.3 Å². The van der Waals surface area contributed by atoms with Crippen LogP contribution in [0.4, 0.5) is 11.4 Å². The van der Waals surface area contributed by atoms with Gasteiger partial charge in [-0.2, -0.15) is 0 Å². The molecule has 1 fully saturated rings. The molecule has 0 aliphatic carbocycles. The summed E-state index contributed by atoms with van der Waals surface area (Å²) in [4.78, 5) is 21.8. The number of hydrogen-bond donors (Lipinski definition) is 2. The summed E-state index contributed by atoms with van der Waals surface area (Å²) in [5.74, 6) is -0.0967. The van der Waals surface area contributed by atoms with Gasteiger partial charge in [-0.1, -0.05) is 18.2 Å². The van der Waals surface area contributed by atoms with Gasteiger partial charge in [-0.25, -0.2) is 0 Å². The third kappa shape index (κ3) is 3.67. The first kappa shape index (κ1) is 18.8. The normalized spacial score (nSPS) is 18.6. The molecule has 0 bridgehead atoms. The number of benzene rings is 2. The van der Waals surface area contributed by atoms with Gasteiger partial charge in [0.1, 0.15) is 0 Å². The molecule has 30 heavy (non-hydrogen) atoms. The minimum Gasteiger partial charge on any atom is -0.361 e. The van der Waals surface area contributed by atoms with Crippen LogP contribution >= 0.6 is 0 Å². The Morgan fingerprint density at radius 1 is 1.07 bits per heavy atom. The van der Waals surface area contributed by atoms with Crippen LogP contribution in [0.1, 0.15) is 11.1 Å². The lowest BCUT2D eigenvalue weighted by Crippen LogP contribution is -2.43. The zero-order valence-electron chi connectivity index (χ0n) is 17.1. The molecule has 2 N–H and O–H groups in total. The highest BCUT2D eigenvalue weighted by molar-refractivity contribution is 6.34. The number of pyridine rings is 1. The minimum absolute atomic E-state index is 0.0967. The number of nitrogens with zero attached hydrogens (tertiary/aromatic N) is 3. The summed E-state index contributed by atoms with van der Waals surface area (Å²) >= 11 is 0. The number of piperazine rings is 1. The lowest BCUT2D eigenvalue weighted by molar-refractivity contribution is -0.110. The second-order valence-corrected chi connectivity index (χ2v) is 7.99. The maximum Gasteiger partial charge on any atom is 0.257 e. The molecule has 0 unspecified atom stereocenters. The fourth-order valence-electron chi connectivity index (χ4n) is 4.11. The quantitative estimate of drug-likeness (QED) is 0.659. The minimum atomic E-state index is -0.0967. The molecule has 1 aromatic heterocycles. The van der Waals surface area contributed by atoms with Crippen LogP contribution in [0.2, 0.25) is 0 Å². The smallest absolute Gasteiger partial charge is 0.257 e. The van der Waals surface area contributed by atoms with Gasteiger partial charge >= 0.3 is 0 Å². The first-order chi connectivity index (χ1) is 14.7. The average Bonchev–Trinajstić information content (AvgIpc) is 3.10. The number of aromatic nitrogens is 1. The highest BCUT2D eigenvalue weighted by atomic mass is 16.2. The number of anilines is 2. The number of rotatable bonds is 4. The maximum absolute atomic E-state index is 12.5. The molecule has 5 rings (SSSR count). The molecular weight excluding hydrogens is 374 g/mol. The zero-order valence-corrected chi connectivity index (χ0v) is 17.1. The average molecular weight is 399 g/mol. The molecule has 2 aliphatic heterocycles. The Kier molecular flexibility index (Phi) is 4.94. The van der Waals surface area contributed by atoms with Crippen molar-refractivity contribution in [2.24, 2.45) is 0 Å². The Hall–Kier alpha value is -3.22. The highest BCUT2D eigenvalue weighted by Crippen LogP contribution is 2.37. The van der Waals surface area contributed by atoms with Gasteiger partial charge in [0.05, 0.1) is 11.1 Å². The molecular formula is C24H25N5O. The van der Waals surface area contributed by atoms with Crippen molar-refractivity contribution >= 4 is 33.8 Å². The van der Waals surface area contributed by atoms with E-state index in [1.165, 1.54) is 5.56 Å². The van der Waals surface area contributed by atoms with E-state index in [9.17, 15) is 4.79 Å². The number of hydrogen-bond acceptors (Lipinski definition) is 5. The molecule has 2 aromatic carbocycles. The standard InChI is InChI=1S/C24H25N5O/c1-28-11-13-29(14-12-28)16-17-4-6-18(7-5-17)26-15-20-23-19-3-2-10-25-21(19)8-9-22(23)27-24(20)30/h2-10,15,26H,11-14,16H2,1H3,(H,27,30). The van der Waals surface area contributed by atoms with Crippen molar-refractivity contribution in [3.05, 3.63) is 72.1 Å². The molecule has 0 saturated carbocycles. The predicted molar refractivity (Wildman–Crippen MR) is 121 cm³/mol. The van der Waals surface area contributed by atoms with Gasteiger partial charge in [0.15, 0.2) is 0 Å². The van der Waals surface area contributed by atoms with E-state index in [1.807, 2.05) is 24.3 Å². The SMILES string of the molecule is CN1CCN(Cc2ccc(NC=C3C(=O)Nc4ccc5ncccc5c43)cc2)CC1. The van der Waals surface area contributed by atoms with E-state index in [0.29, 0.717) is 5.57 Å². The van der Waals surface area contributed by atoms with Gasteiger partial charge in [-0.15, -0.1) is 0 Å². The van der Waals surface area contributed by atoms with Crippen molar-refractivity contribution < 1.29 is 4.79 Å². The molecule has 1 saturated heterocycles. The monoisotopic (exact) mass is 399 g/mol. The lowest BCUT2D eigenvalue weighted by atomic mass is 10.0. The summed E-state index contributed by atoms with van der Waals surface area (Å²) in [6.07, 6.45) is 3.56. The topological polar surface area (TPSA) is 60.5 Å². The van der Waals surface area contributed by atoms with Crippen LogP contribution in [0.3, 0.4) is 0 Å². The van der Waals surface area contributed by atoms with Crippen LogP contribution in [0.5, 0.6) is 0 Å². The Morgan fingerprint density at radius 2 is 1.87 bits per heavy atom. The molecule has 1 amide bonds. The van der Waals surface area contributed by atoms with Crippen LogP contribution in [0.25, 0.3) is 16.5 Å². The summed E-state index contributed by atoms with van der Waals surface area (Å²) in [5, 5.41) is 7.22. The Labute approximate surface area is 176 Å². The van der Waals surface area contributed by atoms with E-state index < -0.39 is 0 Å². The van der Waals surface area contributed by atoms with Gasteiger partial charge in [-0.05, 0) is 42.9 Å². The second kappa shape index (κ2) is 7.89. The fraction of sp³-hybridized carbons (Fsp3) is 0.250. The van der Waals surface area contributed by atoms with Crippen LogP contribution in [-0.4, -0.2) is 53.9 Å². The van der Waals surface area contributed by atoms with Crippen molar-refractivity contribution in [3.8, 4) is 0 Å². The van der Waals surface area contributed by atoms with Crippen molar-refractivity contribution in [1.82, 2.24) is 14.8 Å². The molecule has 6 heteroatoms. The molecule has 3 heterocycles. The number of likely N-dealkylation sites (N-methyl/N-ethyl adjacent to an activating group) is 1. The predicted octanol–water partition coefficient (Wildman–Crippen LogP) is 3.39. The summed E-state index contributed by atoms with van der Waals surface area (Å²) in [5.41, 5.74) is 5.51. The molecule has 152 valence electrons. The van der Waals surface area contributed by atoms with E-state index >= 15 is 0 Å². The van der Waals surface area contributed by atoms with Crippen LogP contribution in [0.15, 0.2) is 60.9 Å². The van der Waals surface area contributed by atoms with Crippen LogP contribution in [0, 0.1) is 0 Å². The Morgan fingerprint density at radius 3 is 2.67 bits per heavy atom. The summed E-state index contributed by atoms with van der Waals surface area (Å²) < 4.78 is 0. The van der Waals surface area contributed by atoms with E-state index in [4.69, 9.17) is 0 Å². The third-order valence-corrected chi connectivity index (χ3v) is 5.89. The molecule has 0 radical (unpaired) electrons. The zero-order chi connectivity index (χ0) is 20.5. The van der Waals surface area contributed by atoms with Crippen LogP contribution < -0.4 is 10.6 Å². The third-order valence-electron chi connectivity index (χ3n) is 5.89. The van der Waals surface area contributed by atoms with E-state index in [2.05, 4.69) is 56.7 Å². The summed E-state index contributed by atoms with van der Waals surface area (Å²) in [6, 6.07) is 16.2. The van der Waals surface area contributed by atoms with Crippen molar-refractivity contribution in [2.45, 2.75) is 6.54 Å². The molecule has 2 aliphatic rings. The van der Waals surface area contributed by atoms with Gasteiger partial charge in [0.2, 0.25) is 0 Å². The maximum atomic E-state index is 12.5. The second-order valence-electron chi connectivity index (χ2n) is 7.99. The van der Waals surface area contributed by atoms with Crippen molar-refractivity contribution in [1.29, 1.82) is 0 Å². The van der Waals surface area contributed by atoms with E-state index in [1.54, 1.807) is 12.4 Å². The number of carbonyl (C=O) groups excluding carboxylic acids is 1. The highest BCUT2D eigenvalue weighted by Gasteiger charge is 2.26. The van der Waals surface area contributed by atoms with Gasteiger partial charge in [-0.3, -0.25) is 14.7 Å². The van der Waals surface area contributed by atoms with E-state index in [0.717, 1.165) is 60.6 Å². The fourth-order valence-corrected chi connectivity index (χ4v) is 4.11. The van der Waals surface area contributed by atoms with Crippen molar-refractivity contribution in [3.63, 3.8) is 0 Å². The van der Waals surface area contributed by atoms with Gasteiger partial charge < -0.3 is 15.5 Å². The summed E-state index contributed by atoms with van der Waals surface area (Å²) in [6.45, 7) is 5.45. The molecule has 6 nitrogen and oxygen atoms in total. The summed E-state index contributed by atoms with van der Waals surface area (Å²) in [7, 11) is 2.18. The Bertz CT molecular complexity index is 1110. The van der Waals surface area contributed by atoms with E-state index in [-0.39, 0.29) is 5.91 Å². The Balaban J connectivity index is 1.33. The molecule has 0 spiro atoms. The first-order valence-electron chi connectivity index (χ1n) is 10.3. The number of carbonyl (C=O) groups is 1. The number of amides is 1.